The highest BCUT2D eigenvalue weighted by Crippen LogP contribution is 2.41. The Morgan fingerprint density at radius 3 is 2.09 bits per heavy atom. The number of amides is 1. The number of benzene rings is 2. The molecule has 1 amide bonds. The molecule has 0 heterocycles. The number of nitrogens with one attached hydrogen (secondary N) is 1. The summed E-state index contributed by atoms with van der Waals surface area (Å²) < 4.78 is 89.3. The van der Waals surface area contributed by atoms with Crippen LogP contribution >= 0.6 is 34.8 Å². The molecule has 3 atom stereocenters. The summed E-state index contributed by atoms with van der Waals surface area (Å²) >= 11 is 15.3. The van der Waals surface area contributed by atoms with E-state index in [-0.39, 0.29) is 31.9 Å². The highest BCUT2D eigenvalue weighted by atomic mass is 35.5. The van der Waals surface area contributed by atoms with Gasteiger partial charge in [0.1, 0.15) is 5.75 Å². The van der Waals surface area contributed by atoms with Gasteiger partial charge in [0.25, 0.3) is 5.91 Å². The molecule has 0 spiro atoms. The van der Waals surface area contributed by atoms with Crippen LogP contribution in [0.5, 0.6) is 0 Å². The fourth-order valence-corrected chi connectivity index (χ4v) is 4.72. The molecule has 0 aromatic heterocycles. The summed E-state index contributed by atoms with van der Waals surface area (Å²) in [6, 6.07) is 6.83. The minimum absolute atomic E-state index is 0.0586. The number of halogens is 9. The van der Waals surface area contributed by atoms with Crippen LogP contribution in [0.2, 0.25) is 15.1 Å². The monoisotopic (exact) mass is 579 g/mol. The summed E-state index contributed by atoms with van der Waals surface area (Å²) in [6.45, 7) is 1.41. The van der Waals surface area contributed by atoms with Gasteiger partial charge in [-0.05, 0) is 53.5 Å². The highest BCUT2D eigenvalue weighted by molar-refractivity contribution is 7.91. The Morgan fingerprint density at radius 1 is 1.06 bits per heavy atom. The molecule has 35 heavy (non-hydrogen) atoms. The number of rotatable bonds is 8. The molecule has 0 aliphatic heterocycles. The molecule has 2 aromatic rings. The number of allylic oxidation sites excluding steroid dienone is 1. The molecule has 2 rings (SSSR count). The number of hydrogen-bond donors (Lipinski definition) is 1. The minimum Gasteiger partial charge on any atom is -0.616 e. The van der Waals surface area contributed by atoms with E-state index in [1.807, 2.05) is 0 Å². The van der Waals surface area contributed by atoms with Gasteiger partial charge in [-0.1, -0.05) is 59.1 Å². The zero-order valence-corrected chi connectivity index (χ0v) is 20.9. The predicted molar refractivity (Wildman–Crippen MR) is 127 cm³/mol. The number of alkyl halides is 6. The van der Waals surface area contributed by atoms with Crippen LogP contribution < -0.4 is 5.32 Å². The highest BCUT2D eigenvalue weighted by Gasteiger charge is 2.39. The van der Waals surface area contributed by atoms with Gasteiger partial charge in [-0.25, -0.2) is 0 Å². The molecule has 192 valence electrons. The van der Waals surface area contributed by atoms with Gasteiger partial charge >= 0.3 is 12.4 Å². The number of carbonyl (C=O) groups excluding carboxylic acids is 1. The van der Waals surface area contributed by atoms with Crippen molar-refractivity contribution in [3.05, 3.63) is 74.2 Å². The van der Waals surface area contributed by atoms with Crippen molar-refractivity contribution in [2.24, 2.45) is 0 Å². The lowest BCUT2D eigenvalue weighted by Crippen LogP contribution is -2.39. The van der Waals surface area contributed by atoms with Gasteiger partial charge in [-0.2, -0.15) is 26.3 Å². The van der Waals surface area contributed by atoms with Crippen molar-refractivity contribution in [1.82, 2.24) is 5.32 Å². The fraction of sp³-hybridized carbons (Fsp3) is 0.318. The van der Waals surface area contributed by atoms with Gasteiger partial charge in [0.05, 0.1) is 27.0 Å². The second-order valence-corrected chi connectivity index (χ2v) is 10.2. The molecule has 0 aliphatic carbocycles. The van der Waals surface area contributed by atoms with Crippen molar-refractivity contribution in [2.45, 2.75) is 31.2 Å². The Labute approximate surface area is 215 Å². The first-order valence-corrected chi connectivity index (χ1v) is 12.4. The summed E-state index contributed by atoms with van der Waals surface area (Å²) in [5.74, 6) is -4.52. The number of carbonyl (C=O) groups is 1. The topological polar surface area (TPSA) is 52.2 Å². The third-order valence-electron chi connectivity index (χ3n) is 4.51. The molecule has 2 aromatic carbocycles. The molecule has 0 bridgehead atoms. The van der Waals surface area contributed by atoms with Gasteiger partial charge in [0, 0.05) is 5.56 Å². The van der Waals surface area contributed by atoms with Crippen molar-refractivity contribution in [3.8, 4) is 0 Å². The van der Waals surface area contributed by atoms with Gasteiger partial charge in [0.2, 0.25) is 5.75 Å². The zero-order chi connectivity index (χ0) is 26.6. The van der Waals surface area contributed by atoms with E-state index in [0.717, 1.165) is 18.2 Å². The third kappa shape index (κ3) is 9.42. The van der Waals surface area contributed by atoms with Crippen molar-refractivity contribution in [2.75, 3.05) is 11.5 Å². The van der Waals surface area contributed by atoms with Crippen molar-refractivity contribution in [3.63, 3.8) is 0 Å². The van der Waals surface area contributed by atoms with Crippen molar-refractivity contribution in [1.29, 1.82) is 0 Å². The third-order valence-corrected chi connectivity index (χ3v) is 7.23. The summed E-state index contributed by atoms with van der Waals surface area (Å²) in [5.41, 5.74) is 0.265. The van der Waals surface area contributed by atoms with E-state index in [2.05, 4.69) is 5.32 Å². The SMILES string of the molecule is C[C@H](C[S+]([O-])CC(F)(F)F)NC(=O)c1ccc(/C=C/C(c2cc(Cl)c(Cl)c(Cl)c2)C(F)(F)F)cc1. The molecule has 0 fully saturated rings. The van der Waals surface area contributed by atoms with Gasteiger partial charge in [0.15, 0.2) is 0 Å². The molecule has 0 saturated carbocycles. The quantitative estimate of drug-likeness (QED) is 0.201. The Balaban J connectivity index is 2.09. The van der Waals surface area contributed by atoms with Crippen LogP contribution in [-0.2, 0) is 11.2 Å². The lowest BCUT2D eigenvalue weighted by molar-refractivity contribution is -0.139. The Kier molecular flexibility index (Phi) is 10.2. The lowest BCUT2D eigenvalue weighted by Gasteiger charge is -2.18. The van der Waals surface area contributed by atoms with Crippen molar-refractivity contribution >= 4 is 58.0 Å². The number of hydrogen-bond acceptors (Lipinski definition) is 2. The smallest absolute Gasteiger partial charge is 0.433 e. The van der Waals surface area contributed by atoms with Gasteiger partial charge < -0.3 is 9.87 Å². The molecule has 3 nitrogen and oxygen atoms in total. The first kappa shape index (κ1) is 29.6. The summed E-state index contributed by atoms with van der Waals surface area (Å²) in [7, 11) is 0. The van der Waals surface area contributed by atoms with Crippen LogP contribution in [0.25, 0.3) is 6.08 Å². The summed E-state index contributed by atoms with van der Waals surface area (Å²) in [4.78, 5) is 12.3. The normalized spacial score (nSPS) is 15.2. The predicted octanol–water partition coefficient (Wildman–Crippen LogP) is 7.44. The van der Waals surface area contributed by atoms with E-state index in [1.54, 1.807) is 0 Å². The molecule has 2 unspecified atom stereocenters. The van der Waals surface area contributed by atoms with E-state index in [0.29, 0.717) is 5.56 Å². The van der Waals surface area contributed by atoms with Crippen molar-refractivity contribution < 1.29 is 35.7 Å². The molecule has 0 radical (unpaired) electrons. The van der Waals surface area contributed by atoms with E-state index >= 15 is 0 Å². The molecular formula is C22H18Cl3F6NO2S. The maximum absolute atomic E-state index is 13.6. The largest absolute Gasteiger partial charge is 0.616 e. The minimum atomic E-state index is -4.65. The second-order valence-electron chi connectivity index (χ2n) is 7.54. The van der Waals surface area contributed by atoms with E-state index in [9.17, 15) is 35.7 Å². The Morgan fingerprint density at radius 2 is 1.60 bits per heavy atom. The summed E-state index contributed by atoms with van der Waals surface area (Å²) in [5, 5.41) is 2.14. The van der Waals surface area contributed by atoms with Crippen LogP contribution in [0.15, 0.2) is 42.5 Å². The van der Waals surface area contributed by atoms with Gasteiger partial charge in [-0.3, -0.25) is 4.79 Å². The maximum Gasteiger partial charge on any atom is 0.433 e. The Hall–Kier alpha value is -1.59. The zero-order valence-electron chi connectivity index (χ0n) is 17.8. The first-order chi connectivity index (χ1) is 16.1. The van der Waals surface area contributed by atoms with E-state index < -0.39 is 47.1 Å². The van der Waals surface area contributed by atoms with Crippen LogP contribution in [0.3, 0.4) is 0 Å². The molecular weight excluding hydrogens is 563 g/mol. The molecule has 13 heteroatoms. The average molecular weight is 581 g/mol. The standard InChI is InChI=1S/C22H18Cl3F6NO2S/c1-12(10-35(34)11-21(26,27)28)32-20(33)14-5-2-13(3-6-14)4-7-16(22(29,30)31)15-8-17(23)19(25)18(24)9-15/h2-9,12,16H,10-11H2,1H3,(H,32,33)/b7-4+/t12-,16?,35?/m1/s1. The average Bonchev–Trinajstić information content (AvgIpc) is 2.69. The molecule has 1 N–H and O–H groups in total. The van der Waals surface area contributed by atoms with Crippen LogP contribution in [-0.4, -0.2) is 40.4 Å². The first-order valence-electron chi connectivity index (χ1n) is 9.79. The lowest BCUT2D eigenvalue weighted by atomic mass is 9.97. The van der Waals surface area contributed by atoms with Crippen LogP contribution in [0, 0.1) is 0 Å². The summed E-state index contributed by atoms with van der Waals surface area (Å²) in [6.07, 6.45) is -7.11. The van der Waals surface area contributed by atoms with Gasteiger partial charge in [-0.15, -0.1) is 0 Å². The molecule has 0 saturated heterocycles. The fourth-order valence-electron chi connectivity index (χ4n) is 2.99. The Bertz CT molecular complexity index is 1040. The maximum atomic E-state index is 13.6. The van der Waals surface area contributed by atoms with Crippen LogP contribution in [0.1, 0.15) is 34.3 Å². The second kappa shape index (κ2) is 12.1. The van der Waals surface area contributed by atoms with Crippen LogP contribution in [0.4, 0.5) is 26.3 Å². The van der Waals surface area contributed by atoms with E-state index in [1.165, 1.54) is 37.3 Å². The van der Waals surface area contributed by atoms with E-state index in [4.69, 9.17) is 34.8 Å². The molecule has 0 aliphatic rings.